The van der Waals surface area contributed by atoms with Crippen LogP contribution in [0.5, 0.6) is 5.75 Å². The molecule has 1 saturated heterocycles. The second-order valence-corrected chi connectivity index (χ2v) is 7.42. The van der Waals surface area contributed by atoms with Crippen molar-refractivity contribution in [1.82, 2.24) is 4.31 Å². The molecule has 118 valence electrons. The topological polar surface area (TPSA) is 83.9 Å². The van der Waals surface area contributed by atoms with E-state index in [4.69, 9.17) is 9.84 Å². The number of carboxylic acids is 1. The van der Waals surface area contributed by atoms with Gasteiger partial charge in [-0.05, 0) is 18.6 Å². The standard InChI is InChI=1S/C15H17NO5S/c17-15(18)12-5-7-16(10-12)22(19,20)13-6-8-21-14-4-2-1-3-11(14)9-13/h1-4,9,12H,5-8,10H2,(H,17,18)/t12-/m1/s1. The third kappa shape index (κ3) is 2.74. The van der Waals surface area contributed by atoms with Crippen LogP contribution in [0.15, 0.2) is 29.2 Å². The number of nitrogens with zero attached hydrogens (tertiary/aromatic N) is 1. The van der Waals surface area contributed by atoms with Gasteiger partial charge in [-0.2, -0.15) is 4.31 Å². The van der Waals surface area contributed by atoms with E-state index in [1.54, 1.807) is 18.2 Å². The number of aliphatic carboxylic acids is 1. The summed E-state index contributed by atoms with van der Waals surface area (Å²) in [7, 11) is -3.64. The van der Waals surface area contributed by atoms with Gasteiger partial charge in [-0.1, -0.05) is 18.2 Å². The second kappa shape index (κ2) is 5.73. The van der Waals surface area contributed by atoms with Gasteiger partial charge >= 0.3 is 5.97 Å². The molecule has 0 aromatic heterocycles. The van der Waals surface area contributed by atoms with Gasteiger partial charge in [-0.3, -0.25) is 4.79 Å². The van der Waals surface area contributed by atoms with Crippen molar-refractivity contribution in [2.75, 3.05) is 19.7 Å². The van der Waals surface area contributed by atoms with Crippen LogP contribution in [0, 0.1) is 5.92 Å². The fourth-order valence-electron chi connectivity index (χ4n) is 2.76. The third-order valence-electron chi connectivity index (χ3n) is 4.01. The van der Waals surface area contributed by atoms with Crippen LogP contribution in [-0.2, 0) is 14.8 Å². The lowest BCUT2D eigenvalue weighted by Gasteiger charge is -2.17. The van der Waals surface area contributed by atoms with Crippen LogP contribution in [0.2, 0.25) is 0 Å². The predicted octanol–water partition coefficient (Wildman–Crippen LogP) is 1.55. The SMILES string of the molecule is O=C(O)[C@@H]1CCN(S(=O)(=O)C2=Cc3ccccc3OCC2)C1. The summed E-state index contributed by atoms with van der Waals surface area (Å²) in [6.07, 6.45) is 2.27. The monoisotopic (exact) mass is 323 g/mol. The molecule has 0 aliphatic carbocycles. The summed E-state index contributed by atoms with van der Waals surface area (Å²) in [5.74, 6) is -0.900. The van der Waals surface area contributed by atoms with Gasteiger partial charge in [-0.25, -0.2) is 8.42 Å². The first kappa shape index (κ1) is 15.1. The molecule has 2 aliphatic rings. The molecule has 0 unspecified atom stereocenters. The number of carboxylic acid groups (broad SMARTS) is 1. The molecular formula is C15H17NO5S. The van der Waals surface area contributed by atoms with E-state index in [1.807, 2.05) is 12.1 Å². The molecule has 0 radical (unpaired) electrons. The first-order chi connectivity index (χ1) is 10.5. The number of sulfonamides is 1. The van der Waals surface area contributed by atoms with E-state index >= 15 is 0 Å². The van der Waals surface area contributed by atoms with Crippen molar-refractivity contribution in [2.24, 2.45) is 5.92 Å². The number of carbonyl (C=O) groups is 1. The van der Waals surface area contributed by atoms with Gasteiger partial charge in [0.2, 0.25) is 10.0 Å². The predicted molar refractivity (Wildman–Crippen MR) is 80.8 cm³/mol. The molecule has 2 heterocycles. The van der Waals surface area contributed by atoms with Crippen LogP contribution >= 0.6 is 0 Å². The first-order valence-corrected chi connectivity index (χ1v) is 8.58. The van der Waals surface area contributed by atoms with E-state index in [2.05, 4.69) is 0 Å². The van der Waals surface area contributed by atoms with Gasteiger partial charge in [0, 0.05) is 25.1 Å². The number of benzene rings is 1. The minimum atomic E-state index is -3.64. The number of rotatable bonds is 3. The highest BCUT2D eigenvalue weighted by molar-refractivity contribution is 7.93. The lowest BCUT2D eigenvalue weighted by Crippen LogP contribution is -2.31. The molecule has 3 rings (SSSR count). The molecule has 22 heavy (non-hydrogen) atoms. The molecule has 0 saturated carbocycles. The molecule has 1 N–H and O–H groups in total. The van der Waals surface area contributed by atoms with Crippen molar-refractivity contribution in [1.29, 1.82) is 0 Å². The maximum atomic E-state index is 12.7. The summed E-state index contributed by atoms with van der Waals surface area (Å²) in [4.78, 5) is 11.3. The Bertz CT molecular complexity index is 725. The highest BCUT2D eigenvalue weighted by Crippen LogP contribution is 2.31. The summed E-state index contributed by atoms with van der Waals surface area (Å²) >= 11 is 0. The van der Waals surface area contributed by atoms with Crippen molar-refractivity contribution in [3.8, 4) is 5.75 Å². The minimum Gasteiger partial charge on any atom is -0.493 e. The summed E-state index contributed by atoms with van der Waals surface area (Å²) in [5, 5.41) is 9.03. The number of para-hydroxylation sites is 1. The zero-order valence-corrected chi connectivity index (χ0v) is 12.8. The zero-order valence-electron chi connectivity index (χ0n) is 11.9. The molecule has 0 spiro atoms. The van der Waals surface area contributed by atoms with Crippen LogP contribution in [0.1, 0.15) is 18.4 Å². The molecule has 1 aromatic carbocycles. The number of ether oxygens (including phenoxy) is 1. The Morgan fingerprint density at radius 1 is 1.32 bits per heavy atom. The lowest BCUT2D eigenvalue weighted by atomic mass is 10.1. The van der Waals surface area contributed by atoms with Crippen molar-refractivity contribution in [3.63, 3.8) is 0 Å². The molecular weight excluding hydrogens is 306 g/mol. The summed E-state index contributed by atoms with van der Waals surface area (Å²) < 4.78 is 32.3. The van der Waals surface area contributed by atoms with Gasteiger partial charge in [-0.15, -0.1) is 0 Å². The Balaban J connectivity index is 1.90. The number of hydrogen-bond acceptors (Lipinski definition) is 4. The molecule has 0 amide bonds. The quantitative estimate of drug-likeness (QED) is 0.912. The van der Waals surface area contributed by atoms with E-state index in [1.165, 1.54) is 4.31 Å². The van der Waals surface area contributed by atoms with Gasteiger partial charge in [0.1, 0.15) is 5.75 Å². The van der Waals surface area contributed by atoms with E-state index in [0.717, 1.165) is 5.56 Å². The van der Waals surface area contributed by atoms with Crippen LogP contribution < -0.4 is 4.74 Å². The Kier molecular flexibility index (Phi) is 3.92. The minimum absolute atomic E-state index is 0.0392. The molecule has 7 heteroatoms. The Hall–Kier alpha value is -1.86. The average molecular weight is 323 g/mol. The van der Waals surface area contributed by atoms with E-state index < -0.39 is 21.9 Å². The maximum Gasteiger partial charge on any atom is 0.307 e. The highest BCUT2D eigenvalue weighted by Gasteiger charge is 2.37. The smallest absolute Gasteiger partial charge is 0.307 e. The molecule has 1 fully saturated rings. The fourth-order valence-corrected chi connectivity index (χ4v) is 4.43. The van der Waals surface area contributed by atoms with Gasteiger partial charge < -0.3 is 9.84 Å². The molecule has 1 aromatic rings. The third-order valence-corrected chi connectivity index (χ3v) is 6.01. The molecule has 6 nitrogen and oxygen atoms in total. The van der Waals surface area contributed by atoms with Crippen LogP contribution in [0.4, 0.5) is 0 Å². The van der Waals surface area contributed by atoms with Crippen LogP contribution in [0.25, 0.3) is 6.08 Å². The van der Waals surface area contributed by atoms with Gasteiger partial charge in [0.25, 0.3) is 0 Å². The largest absolute Gasteiger partial charge is 0.493 e. The molecule has 0 bridgehead atoms. The Labute approximate surface area is 129 Å². The van der Waals surface area contributed by atoms with Crippen molar-refractivity contribution in [2.45, 2.75) is 12.8 Å². The Morgan fingerprint density at radius 3 is 2.82 bits per heavy atom. The maximum absolute atomic E-state index is 12.7. The number of fused-ring (bicyclic) bond motifs is 1. The van der Waals surface area contributed by atoms with Crippen molar-refractivity contribution >= 4 is 22.1 Å². The molecule has 2 aliphatic heterocycles. The second-order valence-electron chi connectivity index (χ2n) is 5.43. The van der Waals surface area contributed by atoms with E-state index in [9.17, 15) is 13.2 Å². The zero-order chi connectivity index (χ0) is 15.7. The van der Waals surface area contributed by atoms with E-state index in [-0.39, 0.29) is 31.0 Å². The molecule has 1 atom stereocenters. The van der Waals surface area contributed by atoms with Crippen LogP contribution in [0.3, 0.4) is 0 Å². The first-order valence-electron chi connectivity index (χ1n) is 7.14. The highest BCUT2D eigenvalue weighted by atomic mass is 32.2. The summed E-state index contributed by atoms with van der Waals surface area (Å²) in [6.45, 7) is 0.578. The average Bonchev–Trinajstić information content (AvgIpc) is 2.89. The van der Waals surface area contributed by atoms with Crippen molar-refractivity contribution in [3.05, 3.63) is 34.7 Å². The fraction of sp³-hybridized carbons (Fsp3) is 0.400. The van der Waals surface area contributed by atoms with Crippen LogP contribution in [-0.4, -0.2) is 43.5 Å². The van der Waals surface area contributed by atoms with E-state index in [0.29, 0.717) is 12.2 Å². The summed E-state index contributed by atoms with van der Waals surface area (Å²) in [6, 6.07) is 7.27. The summed E-state index contributed by atoms with van der Waals surface area (Å²) in [5.41, 5.74) is 0.729. The normalized spacial score (nSPS) is 22.4. The van der Waals surface area contributed by atoms with Gasteiger partial charge in [0.05, 0.1) is 17.4 Å². The van der Waals surface area contributed by atoms with Gasteiger partial charge in [0.15, 0.2) is 0 Å². The number of hydrogen-bond donors (Lipinski definition) is 1. The lowest BCUT2D eigenvalue weighted by molar-refractivity contribution is -0.141. The Morgan fingerprint density at radius 2 is 2.09 bits per heavy atom. The van der Waals surface area contributed by atoms with Crippen molar-refractivity contribution < 1.29 is 23.1 Å².